The van der Waals surface area contributed by atoms with E-state index in [0.29, 0.717) is 0 Å². The molecular formula is C12H13BrN2. The minimum Gasteiger partial charge on any atom is -0.294 e. The third-order valence-electron chi connectivity index (χ3n) is 2.40. The van der Waals surface area contributed by atoms with E-state index in [-0.39, 0.29) is 0 Å². The molecule has 0 aliphatic carbocycles. The predicted octanol–water partition coefficient (Wildman–Crippen LogP) is 3.86. The van der Waals surface area contributed by atoms with Crippen LogP contribution >= 0.6 is 15.9 Å². The molecule has 78 valence electrons. The summed E-state index contributed by atoms with van der Waals surface area (Å²) in [6.45, 7) is 6.10. The molecule has 1 N–H and O–H groups in total. The molecular weight excluding hydrogens is 252 g/mol. The number of hydrogen-bond donors (Lipinski definition) is 1. The molecule has 0 atom stereocenters. The maximum atomic E-state index is 3.98. The van der Waals surface area contributed by atoms with Crippen molar-refractivity contribution in [2.75, 3.05) is 5.43 Å². The molecule has 1 aliphatic heterocycles. The minimum atomic E-state index is 0.982. The van der Waals surface area contributed by atoms with Gasteiger partial charge >= 0.3 is 0 Å². The minimum absolute atomic E-state index is 0.982. The Labute approximate surface area is 98.4 Å². The van der Waals surface area contributed by atoms with E-state index < -0.39 is 0 Å². The molecule has 0 saturated carbocycles. The molecule has 2 nitrogen and oxygen atoms in total. The van der Waals surface area contributed by atoms with Gasteiger partial charge in [-0.2, -0.15) is 0 Å². The number of nitrogens with one attached hydrogen (secondary N) is 1. The molecule has 1 aliphatic rings. The van der Waals surface area contributed by atoms with Crippen LogP contribution in [0.1, 0.15) is 13.3 Å². The molecule has 0 radical (unpaired) electrons. The van der Waals surface area contributed by atoms with Crippen molar-refractivity contribution in [1.82, 2.24) is 5.01 Å². The van der Waals surface area contributed by atoms with Crippen molar-refractivity contribution >= 4 is 21.6 Å². The monoisotopic (exact) mass is 264 g/mol. The molecule has 1 aromatic carbocycles. The van der Waals surface area contributed by atoms with Gasteiger partial charge in [0.1, 0.15) is 0 Å². The van der Waals surface area contributed by atoms with E-state index in [1.807, 2.05) is 35.3 Å². The Morgan fingerprint density at radius 2 is 2.00 bits per heavy atom. The molecule has 0 bridgehead atoms. The van der Waals surface area contributed by atoms with Gasteiger partial charge in [-0.05, 0) is 34.5 Å². The topological polar surface area (TPSA) is 15.3 Å². The number of rotatable bonds is 3. The van der Waals surface area contributed by atoms with Crippen LogP contribution in [-0.4, -0.2) is 5.01 Å². The molecule has 0 saturated heterocycles. The van der Waals surface area contributed by atoms with Crippen LogP contribution in [0.4, 0.5) is 5.69 Å². The molecule has 0 spiro atoms. The third-order valence-corrected chi connectivity index (χ3v) is 3.31. The lowest BCUT2D eigenvalue weighted by Gasteiger charge is -2.38. The van der Waals surface area contributed by atoms with E-state index in [2.05, 4.69) is 34.9 Å². The van der Waals surface area contributed by atoms with Crippen LogP contribution < -0.4 is 5.43 Å². The van der Waals surface area contributed by atoms with Crippen LogP contribution in [0.2, 0.25) is 0 Å². The lowest BCUT2D eigenvalue weighted by atomic mass is 10.1. The van der Waals surface area contributed by atoms with Gasteiger partial charge in [0.2, 0.25) is 0 Å². The summed E-state index contributed by atoms with van der Waals surface area (Å²) in [7, 11) is 0. The van der Waals surface area contributed by atoms with E-state index in [1.165, 1.54) is 5.70 Å². The van der Waals surface area contributed by atoms with Crippen LogP contribution in [0.5, 0.6) is 0 Å². The predicted molar refractivity (Wildman–Crippen MR) is 67.3 cm³/mol. The Bertz CT molecular complexity index is 409. The maximum absolute atomic E-state index is 3.98. The van der Waals surface area contributed by atoms with Gasteiger partial charge in [-0.1, -0.05) is 31.7 Å². The smallest absolute Gasteiger partial charge is 0.0716 e. The molecule has 2 rings (SSSR count). The van der Waals surface area contributed by atoms with Crippen molar-refractivity contribution in [1.29, 1.82) is 0 Å². The number of nitrogens with zero attached hydrogens (tertiary/aromatic N) is 1. The highest BCUT2D eigenvalue weighted by Gasteiger charge is 2.27. The van der Waals surface area contributed by atoms with Crippen LogP contribution in [0.15, 0.2) is 52.8 Å². The zero-order valence-electron chi connectivity index (χ0n) is 8.63. The van der Waals surface area contributed by atoms with Crippen molar-refractivity contribution in [3.05, 3.63) is 52.8 Å². The molecule has 0 aromatic heterocycles. The van der Waals surface area contributed by atoms with E-state index in [1.54, 1.807) is 0 Å². The zero-order valence-corrected chi connectivity index (χ0v) is 10.2. The average molecular weight is 265 g/mol. The fourth-order valence-electron chi connectivity index (χ4n) is 1.56. The maximum Gasteiger partial charge on any atom is 0.0716 e. The summed E-state index contributed by atoms with van der Waals surface area (Å²) in [5.41, 5.74) is 6.60. The Morgan fingerprint density at radius 1 is 1.33 bits per heavy atom. The van der Waals surface area contributed by atoms with Crippen molar-refractivity contribution in [2.45, 2.75) is 13.3 Å². The quantitative estimate of drug-likeness (QED) is 0.892. The number of hydrazine groups is 1. The molecule has 3 heteroatoms. The Hall–Kier alpha value is -1.22. The number of allylic oxidation sites excluding steroid dienone is 2. The SMILES string of the molecule is C=C1C(Br)=C(CC)N1Nc1ccccc1. The summed E-state index contributed by atoms with van der Waals surface area (Å²) in [4.78, 5) is 0. The Morgan fingerprint density at radius 3 is 2.60 bits per heavy atom. The molecule has 1 aromatic rings. The second kappa shape index (κ2) is 4.11. The number of para-hydroxylation sites is 1. The largest absolute Gasteiger partial charge is 0.294 e. The standard InChI is InChI=1S/C12H13BrN2/c1-3-11-12(13)9(2)15(11)14-10-7-5-4-6-8-10/h4-8,14H,2-3H2,1H3. The first kappa shape index (κ1) is 10.3. The summed E-state index contributed by atoms with van der Waals surface area (Å²) in [6.07, 6.45) is 0.986. The highest BCUT2D eigenvalue weighted by atomic mass is 79.9. The average Bonchev–Trinajstić information content (AvgIpc) is 2.29. The van der Waals surface area contributed by atoms with E-state index in [9.17, 15) is 0 Å². The second-order valence-electron chi connectivity index (χ2n) is 3.37. The molecule has 1 heterocycles. The summed E-state index contributed by atoms with van der Waals surface area (Å²) in [5.74, 6) is 0. The lowest BCUT2D eigenvalue weighted by Crippen LogP contribution is -2.36. The molecule has 0 amide bonds. The summed E-state index contributed by atoms with van der Waals surface area (Å²) < 4.78 is 1.12. The second-order valence-corrected chi connectivity index (χ2v) is 4.17. The first-order chi connectivity index (χ1) is 7.24. The number of halogens is 1. The van der Waals surface area contributed by atoms with Crippen molar-refractivity contribution in [3.8, 4) is 0 Å². The normalized spacial score (nSPS) is 15.3. The Kier molecular flexibility index (Phi) is 2.82. The van der Waals surface area contributed by atoms with E-state index in [4.69, 9.17) is 0 Å². The third kappa shape index (κ3) is 1.79. The zero-order chi connectivity index (χ0) is 10.8. The van der Waals surface area contributed by atoms with E-state index in [0.717, 1.165) is 22.3 Å². The number of benzene rings is 1. The van der Waals surface area contributed by atoms with Gasteiger partial charge in [-0.15, -0.1) is 0 Å². The van der Waals surface area contributed by atoms with Gasteiger partial charge in [0.15, 0.2) is 0 Å². The van der Waals surface area contributed by atoms with E-state index >= 15 is 0 Å². The van der Waals surface area contributed by atoms with Gasteiger partial charge < -0.3 is 0 Å². The van der Waals surface area contributed by atoms with Gasteiger partial charge in [0.05, 0.1) is 21.6 Å². The highest BCUT2D eigenvalue weighted by molar-refractivity contribution is 9.12. The molecule has 0 unspecified atom stereocenters. The van der Waals surface area contributed by atoms with Gasteiger partial charge in [-0.25, -0.2) is 0 Å². The van der Waals surface area contributed by atoms with Crippen LogP contribution in [0.25, 0.3) is 0 Å². The summed E-state index contributed by atoms with van der Waals surface area (Å²) in [5, 5.41) is 2.01. The van der Waals surface area contributed by atoms with Crippen molar-refractivity contribution in [2.24, 2.45) is 0 Å². The Balaban J connectivity index is 2.13. The molecule has 0 fully saturated rings. The van der Waals surface area contributed by atoms with Crippen molar-refractivity contribution in [3.63, 3.8) is 0 Å². The first-order valence-corrected chi connectivity index (χ1v) is 5.73. The fraction of sp³-hybridized carbons (Fsp3) is 0.167. The van der Waals surface area contributed by atoms with Crippen LogP contribution in [0, 0.1) is 0 Å². The number of hydrogen-bond acceptors (Lipinski definition) is 2. The lowest BCUT2D eigenvalue weighted by molar-refractivity contribution is 0.458. The highest BCUT2D eigenvalue weighted by Crippen LogP contribution is 2.39. The first-order valence-electron chi connectivity index (χ1n) is 4.93. The molecule has 15 heavy (non-hydrogen) atoms. The fourth-order valence-corrected chi connectivity index (χ4v) is 2.20. The van der Waals surface area contributed by atoms with Gasteiger partial charge in [-0.3, -0.25) is 10.4 Å². The van der Waals surface area contributed by atoms with Gasteiger partial charge in [0, 0.05) is 0 Å². The van der Waals surface area contributed by atoms with Crippen LogP contribution in [-0.2, 0) is 0 Å². The van der Waals surface area contributed by atoms with Crippen molar-refractivity contribution < 1.29 is 0 Å². The summed E-state index contributed by atoms with van der Waals surface area (Å²) >= 11 is 3.50. The van der Waals surface area contributed by atoms with Crippen LogP contribution in [0.3, 0.4) is 0 Å². The summed E-state index contributed by atoms with van der Waals surface area (Å²) in [6, 6.07) is 10.1. The van der Waals surface area contributed by atoms with Gasteiger partial charge in [0.25, 0.3) is 0 Å². The number of anilines is 1.